The molecular formula is C22H21Cl2N3O2. The lowest BCUT2D eigenvalue weighted by Gasteiger charge is -2.35. The Hall–Kier alpha value is -2.50. The van der Waals surface area contributed by atoms with Crippen LogP contribution in [0.5, 0.6) is 0 Å². The molecule has 1 aliphatic heterocycles. The predicted molar refractivity (Wildman–Crippen MR) is 116 cm³/mol. The van der Waals surface area contributed by atoms with Crippen molar-refractivity contribution in [1.29, 1.82) is 0 Å². The number of carbonyl (C=O) groups excluding carboxylic acids is 2. The van der Waals surface area contributed by atoms with Gasteiger partial charge in [0.15, 0.2) is 0 Å². The SMILES string of the molecule is O=C(CCc1c[nH]c2ccccc12)N1CCN(C(=O)c2cccc(Cl)c2Cl)CC1. The number of hydrogen-bond acceptors (Lipinski definition) is 2. The number of para-hydroxylation sites is 1. The van der Waals surface area contributed by atoms with Crippen molar-refractivity contribution in [2.24, 2.45) is 0 Å². The molecule has 0 bridgehead atoms. The molecule has 5 nitrogen and oxygen atoms in total. The van der Waals surface area contributed by atoms with E-state index < -0.39 is 0 Å². The maximum absolute atomic E-state index is 12.7. The summed E-state index contributed by atoms with van der Waals surface area (Å²) in [4.78, 5) is 32.2. The maximum atomic E-state index is 12.7. The molecule has 0 radical (unpaired) electrons. The Kier molecular flexibility index (Phi) is 5.79. The predicted octanol–water partition coefficient (Wildman–Crippen LogP) is 4.39. The Morgan fingerprint density at radius 1 is 0.931 bits per heavy atom. The summed E-state index contributed by atoms with van der Waals surface area (Å²) >= 11 is 12.2. The first-order valence-electron chi connectivity index (χ1n) is 9.60. The van der Waals surface area contributed by atoms with Crippen molar-refractivity contribution in [2.45, 2.75) is 12.8 Å². The molecule has 1 fully saturated rings. The summed E-state index contributed by atoms with van der Waals surface area (Å²) in [6.45, 7) is 2.02. The van der Waals surface area contributed by atoms with E-state index in [1.807, 2.05) is 29.3 Å². The minimum atomic E-state index is -0.150. The van der Waals surface area contributed by atoms with Gasteiger partial charge in [0.1, 0.15) is 0 Å². The topological polar surface area (TPSA) is 56.4 Å². The Morgan fingerprint density at radius 3 is 2.45 bits per heavy atom. The van der Waals surface area contributed by atoms with Gasteiger partial charge in [-0.2, -0.15) is 0 Å². The molecule has 0 spiro atoms. The standard InChI is InChI=1S/C22H21Cl2N3O2/c23-18-6-3-5-17(21(18)24)22(29)27-12-10-26(11-13-27)20(28)9-8-15-14-25-19-7-2-1-4-16(15)19/h1-7,14,25H,8-13H2. The van der Waals surface area contributed by atoms with Gasteiger partial charge in [-0.3, -0.25) is 9.59 Å². The molecule has 0 unspecified atom stereocenters. The van der Waals surface area contributed by atoms with Gasteiger partial charge in [-0.1, -0.05) is 47.5 Å². The molecule has 1 saturated heterocycles. The lowest BCUT2D eigenvalue weighted by Crippen LogP contribution is -2.50. The lowest BCUT2D eigenvalue weighted by molar-refractivity contribution is -0.132. The number of fused-ring (bicyclic) bond motifs is 1. The number of amides is 2. The van der Waals surface area contributed by atoms with Crippen molar-refractivity contribution in [2.75, 3.05) is 26.2 Å². The van der Waals surface area contributed by atoms with Gasteiger partial charge >= 0.3 is 0 Å². The van der Waals surface area contributed by atoms with Crippen LogP contribution in [-0.2, 0) is 11.2 Å². The Balaban J connectivity index is 1.32. The van der Waals surface area contributed by atoms with Crippen molar-refractivity contribution in [3.63, 3.8) is 0 Å². The van der Waals surface area contributed by atoms with Crippen LogP contribution in [0.1, 0.15) is 22.3 Å². The molecule has 1 N–H and O–H groups in total. The average Bonchev–Trinajstić information content (AvgIpc) is 3.17. The quantitative estimate of drug-likeness (QED) is 0.668. The van der Waals surface area contributed by atoms with Crippen LogP contribution >= 0.6 is 23.2 Å². The zero-order valence-electron chi connectivity index (χ0n) is 15.8. The molecule has 2 heterocycles. The van der Waals surface area contributed by atoms with E-state index in [0.717, 1.165) is 16.5 Å². The van der Waals surface area contributed by atoms with Crippen LogP contribution in [0.4, 0.5) is 0 Å². The summed E-state index contributed by atoms with van der Waals surface area (Å²) in [6, 6.07) is 13.1. The molecule has 1 aliphatic rings. The first kappa shape index (κ1) is 19.8. The van der Waals surface area contributed by atoms with Crippen molar-refractivity contribution in [1.82, 2.24) is 14.8 Å². The van der Waals surface area contributed by atoms with E-state index in [1.165, 1.54) is 0 Å². The number of nitrogens with one attached hydrogen (secondary N) is 1. The third-order valence-corrected chi connectivity index (χ3v) is 6.20. The lowest BCUT2D eigenvalue weighted by atomic mass is 10.1. The Bertz CT molecular complexity index is 1060. The highest BCUT2D eigenvalue weighted by molar-refractivity contribution is 6.43. The number of benzene rings is 2. The molecule has 2 amide bonds. The van der Waals surface area contributed by atoms with E-state index >= 15 is 0 Å². The van der Waals surface area contributed by atoms with Crippen LogP contribution in [0.2, 0.25) is 10.0 Å². The summed E-state index contributed by atoms with van der Waals surface area (Å²) in [5, 5.41) is 1.80. The smallest absolute Gasteiger partial charge is 0.255 e. The highest BCUT2D eigenvalue weighted by Crippen LogP contribution is 2.27. The zero-order chi connectivity index (χ0) is 20.4. The Morgan fingerprint density at radius 2 is 1.66 bits per heavy atom. The number of H-pyrrole nitrogens is 1. The van der Waals surface area contributed by atoms with E-state index in [-0.39, 0.29) is 16.8 Å². The number of aromatic nitrogens is 1. The number of aryl methyl sites for hydroxylation is 1. The van der Waals surface area contributed by atoms with Crippen molar-refractivity contribution < 1.29 is 9.59 Å². The molecule has 3 aromatic rings. The van der Waals surface area contributed by atoms with E-state index in [9.17, 15) is 9.59 Å². The largest absolute Gasteiger partial charge is 0.361 e. The van der Waals surface area contributed by atoms with Crippen LogP contribution in [0.3, 0.4) is 0 Å². The van der Waals surface area contributed by atoms with Crippen LogP contribution in [0.25, 0.3) is 10.9 Å². The number of halogens is 2. The van der Waals surface area contributed by atoms with Crippen LogP contribution < -0.4 is 0 Å². The second-order valence-corrected chi connectivity index (χ2v) is 7.92. The molecule has 0 saturated carbocycles. The second kappa shape index (κ2) is 8.47. The summed E-state index contributed by atoms with van der Waals surface area (Å²) in [5.74, 6) is -0.0356. The van der Waals surface area contributed by atoms with Gasteiger partial charge in [0.05, 0.1) is 15.6 Å². The number of nitrogens with zero attached hydrogens (tertiary/aromatic N) is 2. The molecule has 29 heavy (non-hydrogen) atoms. The van der Waals surface area contributed by atoms with Gasteiger partial charge in [0.25, 0.3) is 5.91 Å². The average molecular weight is 430 g/mol. The van der Waals surface area contributed by atoms with Gasteiger partial charge in [-0.15, -0.1) is 0 Å². The van der Waals surface area contributed by atoms with E-state index in [0.29, 0.717) is 49.6 Å². The maximum Gasteiger partial charge on any atom is 0.255 e. The minimum Gasteiger partial charge on any atom is -0.361 e. The molecule has 150 valence electrons. The minimum absolute atomic E-state index is 0.114. The highest BCUT2D eigenvalue weighted by atomic mass is 35.5. The summed E-state index contributed by atoms with van der Waals surface area (Å²) in [7, 11) is 0. The molecule has 1 aromatic heterocycles. The van der Waals surface area contributed by atoms with Crippen LogP contribution in [-0.4, -0.2) is 52.8 Å². The number of hydrogen-bond donors (Lipinski definition) is 1. The van der Waals surface area contributed by atoms with E-state index in [1.54, 1.807) is 23.1 Å². The van der Waals surface area contributed by atoms with Crippen molar-refractivity contribution in [3.8, 4) is 0 Å². The number of piperazine rings is 1. The summed E-state index contributed by atoms with van der Waals surface area (Å²) < 4.78 is 0. The molecule has 4 rings (SSSR count). The summed E-state index contributed by atoms with van der Waals surface area (Å²) in [5.41, 5.74) is 2.64. The van der Waals surface area contributed by atoms with Crippen LogP contribution in [0.15, 0.2) is 48.7 Å². The molecule has 7 heteroatoms. The molecule has 0 atom stereocenters. The molecule has 2 aromatic carbocycles. The monoisotopic (exact) mass is 429 g/mol. The van der Waals surface area contributed by atoms with Gasteiger partial charge in [-0.25, -0.2) is 0 Å². The highest BCUT2D eigenvalue weighted by Gasteiger charge is 2.26. The van der Waals surface area contributed by atoms with Gasteiger partial charge < -0.3 is 14.8 Å². The van der Waals surface area contributed by atoms with Gasteiger partial charge in [0.2, 0.25) is 5.91 Å². The second-order valence-electron chi connectivity index (χ2n) is 7.13. The number of aromatic amines is 1. The third-order valence-electron chi connectivity index (χ3n) is 5.38. The van der Waals surface area contributed by atoms with Crippen LogP contribution in [0, 0.1) is 0 Å². The van der Waals surface area contributed by atoms with Crippen molar-refractivity contribution in [3.05, 3.63) is 69.8 Å². The van der Waals surface area contributed by atoms with Gasteiger partial charge in [-0.05, 0) is 30.2 Å². The van der Waals surface area contributed by atoms with Gasteiger partial charge in [0, 0.05) is 49.7 Å². The first-order valence-corrected chi connectivity index (χ1v) is 10.4. The fourth-order valence-electron chi connectivity index (χ4n) is 3.74. The third kappa shape index (κ3) is 4.11. The zero-order valence-corrected chi connectivity index (χ0v) is 17.3. The van der Waals surface area contributed by atoms with Crippen molar-refractivity contribution >= 4 is 45.9 Å². The van der Waals surface area contributed by atoms with E-state index in [4.69, 9.17) is 23.2 Å². The molecule has 0 aliphatic carbocycles. The molecular weight excluding hydrogens is 409 g/mol. The fraction of sp³-hybridized carbons (Fsp3) is 0.273. The Labute approximate surface area is 179 Å². The number of carbonyl (C=O) groups is 2. The number of rotatable bonds is 4. The normalized spacial score (nSPS) is 14.4. The van der Waals surface area contributed by atoms with E-state index in [2.05, 4.69) is 11.1 Å². The first-order chi connectivity index (χ1) is 14.0. The fourth-order valence-corrected chi connectivity index (χ4v) is 4.12. The summed E-state index contributed by atoms with van der Waals surface area (Å²) in [6.07, 6.45) is 3.12.